The molecule has 2 amide bonds. The Morgan fingerprint density at radius 3 is 2.22 bits per heavy atom. The number of hydrogen-bond donors (Lipinski definition) is 0. The van der Waals surface area contributed by atoms with Gasteiger partial charge in [-0.25, -0.2) is 0 Å². The predicted octanol–water partition coefficient (Wildman–Crippen LogP) is 3.18. The number of fused-ring (bicyclic) bond motifs is 5. The minimum Gasteiger partial charge on any atom is -0.494 e. The van der Waals surface area contributed by atoms with Gasteiger partial charge in [-0.3, -0.25) is 14.5 Å². The van der Waals surface area contributed by atoms with Crippen molar-refractivity contribution in [2.75, 3.05) is 11.5 Å². The van der Waals surface area contributed by atoms with Crippen LogP contribution in [0, 0.1) is 23.7 Å². The highest BCUT2D eigenvalue weighted by Crippen LogP contribution is 2.53. The fraction of sp³-hybridized carbons (Fsp3) is 0.474. The first-order chi connectivity index (χ1) is 11.2. The zero-order valence-electron chi connectivity index (χ0n) is 13.3. The van der Waals surface area contributed by atoms with Crippen molar-refractivity contribution < 1.29 is 14.3 Å². The molecule has 0 aromatic heterocycles. The molecule has 1 aliphatic heterocycles. The monoisotopic (exact) mass is 311 g/mol. The highest BCUT2D eigenvalue weighted by Gasteiger charge is 2.59. The first-order valence-corrected chi connectivity index (χ1v) is 8.49. The molecule has 0 radical (unpaired) electrons. The average molecular weight is 311 g/mol. The van der Waals surface area contributed by atoms with Gasteiger partial charge >= 0.3 is 0 Å². The Kier molecular flexibility index (Phi) is 3.47. The van der Waals surface area contributed by atoms with Crippen LogP contribution in [0.2, 0.25) is 0 Å². The van der Waals surface area contributed by atoms with Crippen molar-refractivity contribution in [2.24, 2.45) is 23.7 Å². The number of unbranched alkanes of at least 4 members (excludes halogenated alkanes) is 1. The quantitative estimate of drug-likeness (QED) is 0.477. The predicted molar refractivity (Wildman–Crippen MR) is 87.1 cm³/mol. The first-order valence-electron chi connectivity index (χ1n) is 8.49. The highest BCUT2D eigenvalue weighted by molar-refractivity contribution is 6.22. The van der Waals surface area contributed by atoms with E-state index >= 15 is 0 Å². The Hall–Kier alpha value is -2.10. The van der Waals surface area contributed by atoms with E-state index in [4.69, 9.17) is 4.74 Å². The topological polar surface area (TPSA) is 46.6 Å². The van der Waals surface area contributed by atoms with Crippen LogP contribution < -0.4 is 9.64 Å². The van der Waals surface area contributed by atoms with E-state index in [1.54, 1.807) is 0 Å². The molecule has 4 nitrogen and oxygen atoms in total. The van der Waals surface area contributed by atoms with Crippen molar-refractivity contribution in [2.45, 2.75) is 26.2 Å². The lowest BCUT2D eigenvalue weighted by molar-refractivity contribution is -0.123. The molecule has 0 N–H and O–H groups in total. The van der Waals surface area contributed by atoms with Gasteiger partial charge in [0.1, 0.15) is 5.75 Å². The number of carbonyl (C=O) groups is 2. The number of carbonyl (C=O) groups excluding carboxylic acids is 2. The van der Waals surface area contributed by atoms with Crippen molar-refractivity contribution in [1.82, 2.24) is 0 Å². The molecule has 23 heavy (non-hydrogen) atoms. The van der Waals surface area contributed by atoms with Gasteiger partial charge in [0.15, 0.2) is 0 Å². The summed E-state index contributed by atoms with van der Waals surface area (Å²) in [6.45, 7) is 2.81. The summed E-state index contributed by atoms with van der Waals surface area (Å²) in [6, 6.07) is 7.31. The molecule has 120 valence electrons. The molecule has 1 aromatic rings. The Morgan fingerprint density at radius 2 is 1.65 bits per heavy atom. The number of rotatable bonds is 5. The van der Waals surface area contributed by atoms with Crippen LogP contribution in [-0.4, -0.2) is 18.4 Å². The zero-order chi connectivity index (χ0) is 16.0. The van der Waals surface area contributed by atoms with Crippen LogP contribution in [-0.2, 0) is 9.59 Å². The summed E-state index contributed by atoms with van der Waals surface area (Å²) in [4.78, 5) is 26.8. The number of amides is 2. The van der Waals surface area contributed by atoms with Crippen LogP contribution in [0.1, 0.15) is 26.2 Å². The molecule has 2 aliphatic carbocycles. The van der Waals surface area contributed by atoms with Crippen molar-refractivity contribution in [3.8, 4) is 5.75 Å². The molecule has 4 heteroatoms. The van der Waals surface area contributed by atoms with Crippen LogP contribution in [0.4, 0.5) is 5.69 Å². The van der Waals surface area contributed by atoms with E-state index in [0.717, 1.165) is 25.0 Å². The van der Waals surface area contributed by atoms with E-state index < -0.39 is 0 Å². The summed E-state index contributed by atoms with van der Waals surface area (Å²) >= 11 is 0. The molecule has 4 rings (SSSR count). The van der Waals surface area contributed by atoms with Crippen molar-refractivity contribution in [3.63, 3.8) is 0 Å². The Morgan fingerprint density at radius 1 is 1.04 bits per heavy atom. The van der Waals surface area contributed by atoms with Gasteiger partial charge in [-0.1, -0.05) is 25.5 Å². The maximum Gasteiger partial charge on any atom is 0.238 e. The number of anilines is 1. The molecule has 2 bridgehead atoms. The molecule has 1 aromatic carbocycles. The maximum atomic E-state index is 12.7. The third-order valence-electron chi connectivity index (χ3n) is 5.33. The van der Waals surface area contributed by atoms with E-state index in [-0.39, 0.29) is 35.5 Å². The first kappa shape index (κ1) is 14.5. The van der Waals surface area contributed by atoms with Gasteiger partial charge < -0.3 is 4.74 Å². The second-order valence-electron chi connectivity index (χ2n) is 6.71. The molecular weight excluding hydrogens is 290 g/mol. The fourth-order valence-electron chi connectivity index (χ4n) is 4.18. The number of nitrogens with zero attached hydrogens (tertiary/aromatic N) is 1. The third-order valence-corrected chi connectivity index (χ3v) is 5.33. The lowest BCUT2D eigenvalue weighted by Gasteiger charge is -2.17. The number of imide groups is 1. The SMILES string of the molecule is CCCCOc1ccc(N2C(=O)[C@@H]3[C@@H](C2=O)[C@H]2C=C[C@H]3C2)cc1. The largest absolute Gasteiger partial charge is 0.494 e. The summed E-state index contributed by atoms with van der Waals surface area (Å²) in [7, 11) is 0. The van der Waals surface area contributed by atoms with Gasteiger partial charge in [-0.05, 0) is 48.9 Å². The van der Waals surface area contributed by atoms with Gasteiger partial charge in [-0.15, -0.1) is 0 Å². The summed E-state index contributed by atoms with van der Waals surface area (Å²) in [5.41, 5.74) is 0.664. The summed E-state index contributed by atoms with van der Waals surface area (Å²) in [6.07, 6.45) is 7.30. The van der Waals surface area contributed by atoms with Gasteiger partial charge in [0.05, 0.1) is 24.1 Å². The van der Waals surface area contributed by atoms with Gasteiger partial charge in [0, 0.05) is 0 Å². The van der Waals surface area contributed by atoms with Crippen molar-refractivity contribution in [1.29, 1.82) is 0 Å². The number of hydrogen-bond acceptors (Lipinski definition) is 3. The Balaban J connectivity index is 1.52. The standard InChI is InChI=1S/C19H21NO3/c1-2-3-10-23-15-8-6-14(7-9-15)20-18(21)16-12-4-5-13(11-12)17(16)19(20)22/h4-9,12-13,16-17H,2-3,10-11H2,1H3/t12-,13-,16-,17-/m0/s1. The zero-order valence-corrected chi connectivity index (χ0v) is 13.3. The second kappa shape index (κ2) is 5.52. The lowest BCUT2D eigenvalue weighted by atomic mass is 9.85. The molecule has 0 spiro atoms. The van der Waals surface area contributed by atoms with Gasteiger partial charge in [-0.2, -0.15) is 0 Å². The molecule has 4 atom stereocenters. The van der Waals surface area contributed by atoms with Crippen molar-refractivity contribution in [3.05, 3.63) is 36.4 Å². The molecule has 1 saturated carbocycles. The fourth-order valence-corrected chi connectivity index (χ4v) is 4.18. The molecule has 1 heterocycles. The number of allylic oxidation sites excluding steroid dienone is 2. The molecule has 2 fully saturated rings. The summed E-state index contributed by atoms with van der Waals surface area (Å²) in [5, 5.41) is 0. The Labute approximate surface area is 136 Å². The number of ether oxygens (including phenoxy) is 1. The summed E-state index contributed by atoms with van der Waals surface area (Å²) in [5.74, 6) is 0.943. The van der Waals surface area contributed by atoms with Gasteiger partial charge in [0.2, 0.25) is 11.8 Å². The van der Waals surface area contributed by atoms with E-state index in [9.17, 15) is 9.59 Å². The van der Waals surface area contributed by atoms with E-state index in [0.29, 0.717) is 12.3 Å². The van der Waals surface area contributed by atoms with E-state index in [1.165, 1.54) is 4.90 Å². The highest BCUT2D eigenvalue weighted by atomic mass is 16.5. The third kappa shape index (κ3) is 2.19. The van der Waals surface area contributed by atoms with E-state index in [1.807, 2.05) is 24.3 Å². The minimum atomic E-state index is -0.141. The summed E-state index contributed by atoms with van der Waals surface area (Å²) < 4.78 is 5.64. The lowest BCUT2D eigenvalue weighted by Crippen LogP contribution is -2.32. The van der Waals surface area contributed by atoms with Crippen LogP contribution in [0.5, 0.6) is 5.75 Å². The van der Waals surface area contributed by atoms with Crippen LogP contribution in [0.25, 0.3) is 0 Å². The minimum absolute atomic E-state index is 0.0310. The molecular formula is C19H21NO3. The average Bonchev–Trinajstić information content (AvgIpc) is 3.23. The van der Waals surface area contributed by atoms with Crippen LogP contribution in [0.15, 0.2) is 36.4 Å². The van der Waals surface area contributed by atoms with Crippen LogP contribution in [0.3, 0.4) is 0 Å². The second-order valence-corrected chi connectivity index (χ2v) is 6.71. The van der Waals surface area contributed by atoms with Crippen LogP contribution >= 0.6 is 0 Å². The normalized spacial score (nSPS) is 31.1. The Bertz CT molecular complexity index is 634. The smallest absolute Gasteiger partial charge is 0.238 e. The van der Waals surface area contributed by atoms with Crippen molar-refractivity contribution >= 4 is 17.5 Å². The molecule has 3 aliphatic rings. The maximum absolute atomic E-state index is 12.7. The molecule has 0 unspecified atom stereocenters. The van der Waals surface area contributed by atoms with Gasteiger partial charge in [0.25, 0.3) is 0 Å². The molecule has 1 saturated heterocycles. The number of benzene rings is 1. The van der Waals surface area contributed by atoms with E-state index in [2.05, 4.69) is 19.1 Å².